The van der Waals surface area contributed by atoms with E-state index >= 15 is 0 Å². The summed E-state index contributed by atoms with van der Waals surface area (Å²) in [6.45, 7) is 2.00. The summed E-state index contributed by atoms with van der Waals surface area (Å²) >= 11 is 0. The van der Waals surface area contributed by atoms with Crippen LogP contribution in [-0.2, 0) is 12.8 Å². The Balaban J connectivity index is 1.78. The third-order valence-electron chi connectivity index (χ3n) is 5.11. The van der Waals surface area contributed by atoms with Gasteiger partial charge in [0.25, 0.3) is 6.08 Å². The zero-order valence-corrected chi connectivity index (χ0v) is 15.1. The lowest BCUT2D eigenvalue weighted by Gasteiger charge is -2.19. The molecule has 0 nitrogen and oxygen atoms in total. The summed E-state index contributed by atoms with van der Waals surface area (Å²) in [5.74, 6) is -0.0980. The van der Waals surface area contributed by atoms with Gasteiger partial charge in [-0.3, -0.25) is 0 Å². The van der Waals surface area contributed by atoms with E-state index in [4.69, 9.17) is 0 Å². The Bertz CT molecular complexity index is 872. The molecule has 0 aliphatic heterocycles. The smallest absolute Gasteiger partial charge is 0.173 e. The summed E-state index contributed by atoms with van der Waals surface area (Å²) in [4.78, 5) is 0. The molecule has 0 spiro atoms. The lowest BCUT2D eigenvalue weighted by Crippen LogP contribution is -2.09. The monoisotopic (exact) mass is 350 g/mol. The average molecular weight is 350 g/mol. The molecule has 0 bridgehead atoms. The standard InChI is InChI=1S/C24H24F2/c1-2-19(23(24(25)26)17-18-9-4-3-5-10-18)15-16-21-13-8-12-20-11-6-7-14-22(20)21/h3-14,19H,2,15-17H2,1H3. The van der Waals surface area contributed by atoms with Crippen LogP contribution in [0.25, 0.3) is 10.8 Å². The highest BCUT2D eigenvalue weighted by Gasteiger charge is 2.19. The third-order valence-corrected chi connectivity index (χ3v) is 5.11. The van der Waals surface area contributed by atoms with Crippen LogP contribution in [0, 0.1) is 5.92 Å². The predicted molar refractivity (Wildman–Crippen MR) is 105 cm³/mol. The fourth-order valence-corrected chi connectivity index (χ4v) is 3.65. The number of aryl methyl sites for hydroxylation is 1. The summed E-state index contributed by atoms with van der Waals surface area (Å²) in [5, 5.41) is 2.42. The first kappa shape index (κ1) is 18.3. The maximum Gasteiger partial charge on any atom is 0.270 e. The quantitative estimate of drug-likeness (QED) is 0.423. The topological polar surface area (TPSA) is 0 Å². The van der Waals surface area contributed by atoms with Crippen LogP contribution >= 0.6 is 0 Å². The van der Waals surface area contributed by atoms with Gasteiger partial charge in [-0.25, -0.2) is 0 Å². The van der Waals surface area contributed by atoms with Gasteiger partial charge in [0.15, 0.2) is 0 Å². The Labute approximate surface area is 154 Å². The van der Waals surface area contributed by atoms with Crippen molar-refractivity contribution < 1.29 is 8.78 Å². The minimum Gasteiger partial charge on any atom is -0.173 e. The Morgan fingerprint density at radius 1 is 0.846 bits per heavy atom. The first-order valence-corrected chi connectivity index (χ1v) is 9.23. The number of hydrogen-bond donors (Lipinski definition) is 0. The molecule has 0 heterocycles. The molecule has 26 heavy (non-hydrogen) atoms. The van der Waals surface area contributed by atoms with Crippen molar-refractivity contribution in [1.82, 2.24) is 0 Å². The Hall–Kier alpha value is -2.48. The molecule has 134 valence electrons. The number of hydrogen-bond acceptors (Lipinski definition) is 0. The van der Waals surface area contributed by atoms with Crippen LogP contribution in [0.4, 0.5) is 8.78 Å². The fourth-order valence-electron chi connectivity index (χ4n) is 3.65. The van der Waals surface area contributed by atoms with E-state index in [1.165, 1.54) is 16.3 Å². The lowest BCUT2D eigenvalue weighted by molar-refractivity contribution is 0.382. The normalized spacial score (nSPS) is 12.1. The molecule has 1 unspecified atom stereocenters. The van der Waals surface area contributed by atoms with E-state index in [-0.39, 0.29) is 5.92 Å². The van der Waals surface area contributed by atoms with E-state index in [0.29, 0.717) is 12.0 Å². The van der Waals surface area contributed by atoms with Gasteiger partial charge in [0, 0.05) is 5.57 Å². The van der Waals surface area contributed by atoms with Gasteiger partial charge in [-0.1, -0.05) is 79.7 Å². The molecule has 0 aromatic heterocycles. The van der Waals surface area contributed by atoms with Crippen LogP contribution in [0.15, 0.2) is 84.5 Å². The summed E-state index contributed by atoms with van der Waals surface area (Å²) in [6, 6.07) is 24.1. The minimum atomic E-state index is -1.52. The second-order valence-corrected chi connectivity index (χ2v) is 6.73. The zero-order valence-electron chi connectivity index (χ0n) is 15.1. The predicted octanol–water partition coefficient (Wildman–Crippen LogP) is 7.19. The SMILES string of the molecule is CCC(CCc1cccc2ccccc12)C(Cc1ccccc1)=C(F)F. The number of halogens is 2. The highest BCUT2D eigenvalue weighted by Crippen LogP contribution is 2.30. The van der Waals surface area contributed by atoms with Gasteiger partial charge in [0.05, 0.1) is 0 Å². The lowest BCUT2D eigenvalue weighted by atomic mass is 9.86. The molecule has 0 amide bonds. The molecule has 0 radical (unpaired) electrons. The number of allylic oxidation sites excluding steroid dienone is 1. The second-order valence-electron chi connectivity index (χ2n) is 6.73. The molecule has 0 aliphatic carbocycles. The van der Waals surface area contributed by atoms with Crippen LogP contribution in [0.2, 0.25) is 0 Å². The summed E-state index contributed by atoms with van der Waals surface area (Å²) in [7, 11) is 0. The van der Waals surface area contributed by atoms with Crippen molar-refractivity contribution in [1.29, 1.82) is 0 Å². The zero-order chi connectivity index (χ0) is 18.4. The van der Waals surface area contributed by atoms with E-state index in [9.17, 15) is 8.78 Å². The first-order valence-electron chi connectivity index (χ1n) is 9.23. The average Bonchev–Trinajstić information content (AvgIpc) is 2.68. The molecule has 1 atom stereocenters. The fraction of sp³-hybridized carbons (Fsp3) is 0.250. The molecule has 3 aromatic rings. The van der Waals surface area contributed by atoms with Gasteiger partial charge in [0.1, 0.15) is 0 Å². The van der Waals surface area contributed by atoms with Crippen molar-refractivity contribution >= 4 is 10.8 Å². The van der Waals surface area contributed by atoms with Crippen LogP contribution in [0.3, 0.4) is 0 Å². The molecule has 0 saturated carbocycles. The van der Waals surface area contributed by atoms with Crippen LogP contribution < -0.4 is 0 Å². The molecule has 3 aromatic carbocycles. The van der Waals surface area contributed by atoms with Crippen LogP contribution in [-0.4, -0.2) is 0 Å². The van der Waals surface area contributed by atoms with E-state index in [1.807, 2.05) is 49.4 Å². The van der Waals surface area contributed by atoms with Gasteiger partial charge >= 0.3 is 0 Å². The highest BCUT2D eigenvalue weighted by atomic mass is 19.3. The van der Waals surface area contributed by atoms with E-state index in [0.717, 1.165) is 24.8 Å². The van der Waals surface area contributed by atoms with Gasteiger partial charge in [-0.2, -0.15) is 8.78 Å². The van der Waals surface area contributed by atoms with E-state index < -0.39 is 6.08 Å². The van der Waals surface area contributed by atoms with Crippen molar-refractivity contribution in [3.63, 3.8) is 0 Å². The number of fused-ring (bicyclic) bond motifs is 1. The van der Waals surface area contributed by atoms with Crippen molar-refractivity contribution in [3.05, 3.63) is 95.6 Å². The molecular formula is C24H24F2. The first-order chi connectivity index (χ1) is 12.7. The molecule has 0 aliphatic rings. The highest BCUT2D eigenvalue weighted by molar-refractivity contribution is 5.85. The van der Waals surface area contributed by atoms with E-state index in [1.54, 1.807) is 0 Å². The summed E-state index contributed by atoms with van der Waals surface area (Å²) in [6.07, 6.45) is 1.09. The van der Waals surface area contributed by atoms with Crippen LogP contribution in [0.1, 0.15) is 30.9 Å². The number of rotatable bonds is 7. The van der Waals surface area contributed by atoms with Crippen molar-refractivity contribution in [2.45, 2.75) is 32.6 Å². The van der Waals surface area contributed by atoms with E-state index in [2.05, 4.69) is 30.3 Å². The second kappa shape index (κ2) is 8.75. The molecule has 0 N–H and O–H groups in total. The van der Waals surface area contributed by atoms with Crippen LogP contribution in [0.5, 0.6) is 0 Å². The Kier molecular flexibility index (Phi) is 6.17. The van der Waals surface area contributed by atoms with Gasteiger partial charge in [-0.15, -0.1) is 0 Å². The van der Waals surface area contributed by atoms with Gasteiger partial charge in [0.2, 0.25) is 0 Å². The molecule has 0 fully saturated rings. The van der Waals surface area contributed by atoms with Gasteiger partial charge < -0.3 is 0 Å². The molecular weight excluding hydrogens is 326 g/mol. The molecule has 2 heteroatoms. The number of benzene rings is 3. The van der Waals surface area contributed by atoms with Crippen molar-refractivity contribution in [3.8, 4) is 0 Å². The minimum absolute atomic E-state index is 0.0980. The Morgan fingerprint density at radius 3 is 2.27 bits per heavy atom. The van der Waals surface area contributed by atoms with Crippen molar-refractivity contribution in [2.75, 3.05) is 0 Å². The Morgan fingerprint density at radius 2 is 1.54 bits per heavy atom. The van der Waals surface area contributed by atoms with Crippen molar-refractivity contribution in [2.24, 2.45) is 5.92 Å². The van der Waals surface area contributed by atoms with Gasteiger partial charge in [-0.05, 0) is 53.5 Å². The summed E-state index contributed by atoms with van der Waals surface area (Å²) < 4.78 is 27.4. The maximum absolute atomic E-state index is 13.7. The largest absolute Gasteiger partial charge is 0.270 e. The third kappa shape index (κ3) is 4.37. The summed E-state index contributed by atoms with van der Waals surface area (Å²) in [5.41, 5.74) is 2.47. The molecule has 3 rings (SSSR count). The maximum atomic E-state index is 13.7. The molecule has 0 saturated heterocycles.